The van der Waals surface area contributed by atoms with Gasteiger partial charge in [-0.3, -0.25) is 0 Å². The Balaban J connectivity index is 1.77. The molecule has 1 unspecified atom stereocenters. The third-order valence-electron chi connectivity index (χ3n) is 6.47. The molecule has 0 aliphatic rings. The highest BCUT2D eigenvalue weighted by molar-refractivity contribution is 7.89. The average Bonchev–Trinajstić information content (AvgIpc) is 3.47. The molecule has 234 valence electrons. The lowest BCUT2D eigenvalue weighted by molar-refractivity contribution is 0.0494. The Labute approximate surface area is 258 Å². The van der Waals surface area contributed by atoms with E-state index in [0.29, 0.717) is 31.6 Å². The highest BCUT2D eigenvalue weighted by Crippen LogP contribution is 2.24. The molecule has 43 heavy (non-hydrogen) atoms. The number of ether oxygens (including phenoxy) is 2. The molecule has 2 amide bonds. The zero-order chi connectivity index (χ0) is 31.5. The number of thiophene rings is 1. The van der Waals surface area contributed by atoms with Gasteiger partial charge in [0.25, 0.3) is 0 Å². The van der Waals surface area contributed by atoms with Crippen molar-refractivity contribution in [1.82, 2.24) is 14.5 Å². The van der Waals surface area contributed by atoms with Gasteiger partial charge in [-0.05, 0) is 81.3 Å². The van der Waals surface area contributed by atoms with Crippen LogP contribution in [0.3, 0.4) is 0 Å². The number of hydrogen-bond donors (Lipinski definition) is 2. The van der Waals surface area contributed by atoms with Crippen molar-refractivity contribution in [3.05, 3.63) is 82.6 Å². The molecule has 0 saturated heterocycles. The number of unbranched alkanes of at least 4 members (excludes halogenated alkanes) is 1. The third kappa shape index (κ3) is 11.2. The molecule has 10 nitrogen and oxygen atoms in total. The largest absolute Gasteiger partial charge is 0.497 e. The normalized spacial score (nSPS) is 12.5. The first kappa shape index (κ1) is 33.9. The summed E-state index contributed by atoms with van der Waals surface area (Å²) in [7, 11) is -2.44. The number of hydrogen-bond acceptors (Lipinski definition) is 7. The predicted molar refractivity (Wildman–Crippen MR) is 167 cm³/mol. The first-order chi connectivity index (χ1) is 20.4. The molecule has 0 aliphatic carbocycles. The van der Waals surface area contributed by atoms with E-state index < -0.39 is 33.9 Å². The molecule has 1 atom stereocenters. The van der Waals surface area contributed by atoms with E-state index in [1.165, 1.54) is 39.8 Å². The van der Waals surface area contributed by atoms with Crippen LogP contribution in [-0.2, 0) is 27.8 Å². The van der Waals surface area contributed by atoms with Gasteiger partial charge in [0, 0.05) is 37.1 Å². The molecule has 0 radical (unpaired) electrons. The number of carbonyl (C=O) groups excluding carboxylic acids is 1. The molecule has 0 fully saturated rings. The van der Waals surface area contributed by atoms with Gasteiger partial charge in [0.1, 0.15) is 11.4 Å². The highest BCUT2D eigenvalue weighted by atomic mass is 32.2. The Morgan fingerprint density at radius 1 is 0.977 bits per heavy atom. The van der Waals surface area contributed by atoms with Gasteiger partial charge < -0.3 is 24.8 Å². The molecular formula is C31H41N3O7S2. The molecule has 12 heteroatoms. The van der Waals surface area contributed by atoms with Crippen LogP contribution in [0.15, 0.2) is 77.0 Å². The first-order valence-electron chi connectivity index (χ1n) is 14.1. The second-order valence-electron chi connectivity index (χ2n) is 11.1. The van der Waals surface area contributed by atoms with Gasteiger partial charge in [-0.25, -0.2) is 18.0 Å². The number of nitrogens with one attached hydrogen (secondary N) is 1. The number of methoxy groups -OCH3 is 1. The fourth-order valence-electron chi connectivity index (χ4n) is 4.39. The van der Waals surface area contributed by atoms with Crippen LogP contribution in [-0.4, -0.2) is 66.8 Å². The van der Waals surface area contributed by atoms with Crippen LogP contribution < -0.4 is 10.1 Å². The van der Waals surface area contributed by atoms with Crippen LogP contribution in [0.1, 0.15) is 50.5 Å². The SMILES string of the molecule is COc1ccc(S(=O)(=O)N(Cc2cccs2)CC(CCCCN(Cc2ccccc2)C(=O)O)NC(=O)OC(C)(C)C)cc1. The lowest BCUT2D eigenvalue weighted by Crippen LogP contribution is -2.47. The predicted octanol–water partition coefficient (Wildman–Crippen LogP) is 6.19. The Kier molecular flexibility index (Phi) is 12.4. The molecule has 1 heterocycles. The molecule has 3 rings (SSSR count). The third-order valence-corrected chi connectivity index (χ3v) is 9.16. The number of benzene rings is 2. The minimum absolute atomic E-state index is 0.00182. The molecule has 0 spiro atoms. The monoisotopic (exact) mass is 631 g/mol. The number of sulfonamides is 1. The Morgan fingerprint density at radius 3 is 2.26 bits per heavy atom. The van der Waals surface area contributed by atoms with Gasteiger partial charge in [-0.15, -0.1) is 11.3 Å². The smallest absolute Gasteiger partial charge is 0.407 e. The van der Waals surface area contributed by atoms with E-state index in [-0.39, 0.29) is 24.5 Å². The second kappa shape index (κ2) is 15.7. The standard InChI is InChI=1S/C31H41N3O7S2/c1-31(2,3)41-29(35)32-25(13-8-9-19-33(30(36)37)21-24-11-6-5-7-12-24)22-34(23-27-14-10-20-42-27)43(38,39)28-17-15-26(40-4)16-18-28/h5-7,10-12,14-18,20,25H,8-9,13,19,21-23H2,1-4H3,(H,32,35)(H,36,37). The van der Waals surface area contributed by atoms with Crippen molar-refractivity contribution < 1.29 is 32.6 Å². The molecule has 0 bridgehead atoms. The molecule has 2 aromatic carbocycles. The van der Waals surface area contributed by atoms with E-state index >= 15 is 0 Å². The van der Waals surface area contributed by atoms with E-state index in [0.717, 1.165) is 10.4 Å². The quantitative estimate of drug-likeness (QED) is 0.192. The van der Waals surface area contributed by atoms with Gasteiger partial charge >= 0.3 is 12.2 Å². The maximum atomic E-state index is 13.8. The Morgan fingerprint density at radius 2 is 1.67 bits per heavy atom. The van der Waals surface area contributed by atoms with Gasteiger partial charge in [-0.1, -0.05) is 36.4 Å². The maximum absolute atomic E-state index is 13.8. The minimum Gasteiger partial charge on any atom is -0.497 e. The van der Waals surface area contributed by atoms with Crippen molar-refractivity contribution in [1.29, 1.82) is 0 Å². The van der Waals surface area contributed by atoms with Crippen molar-refractivity contribution in [2.24, 2.45) is 0 Å². The summed E-state index contributed by atoms with van der Waals surface area (Å²) in [6, 6.07) is 18.7. The number of amides is 2. The van der Waals surface area contributed by atoms with E-state index in [1.807, 2.05) is 47.8 Å². The van der Waals surface area contributed by atoms with E-state index in [9.17, 15) is 23.1 Å². The lowest BCUT2D eigenvalue weighted by Gasteiger charge is -2.29. The van der Waals surface area contributed by atoms with Gasteiger partial charge in [0.15, 0.2) is 0 Å². The van der Waals surface area contributed by atoms with Gasteiger partial charge in [0.2, 0.25) is 10.0 Å². The van der Waals surface area contributed by atoms with Crippen molar-refractivity contribution in [3.8, 4) is 5.75 Å². The summed E-state index contributed by atoms with van der Waals surface area (Å²) < 4.78 is 39.7. The molecule has 2 N–H and O–H groups in total. The summed E-state index contributed by atoms with van der Waals surface area (Å²) in [5.74, 6) is 0.538. The minimum atomic E-state index is -3.95. The Bertz CT molecular complexity index is 1390. The second-order valence-corrected chi connectivity index (χ2v) is 14.1. The Hall–Kier alpha value is -3.61. The number of carbonyl (C=O) groups is 2. The van der Waals surface area contributed by atoms with Crippen LogP contribution in [0.2, 0.25) is 0 Å². The first-order valence-corrected chi connectivity index (χ1v) is 16.4. The van der Waals surface area contributed by atoms with Crippen molar-refractivity contribution in [3.63, 3.8) is 0 Å². The molecule has 0 saturated carbocycles. The summed E-state index contributed by atoms with van der Waals surface area (Å²) >= 11 is 1.45. The van der Waals surface area contributed by atoms with Gasteiger partial charge in [-0.2, -0.15) is 4.31 Å². The summed E-state index contributed by atoms with van der Waals surface area (Å²) in [6.07, 6.45) is -0.167. The van der Waals surface area contributed by atoms with Crippen LogP contribution in [0.4, 0.5) is 9.59 Å². The number of nitrogens with zero attached hydrogens (tertiary/aromatic N) is 2. The average molecular weight is 632 g/mol. The summed E-state index contributed by atoms with van der Waals surface area (Å²) in [5, 5.41) is 14.5. The summed E-state index contributed by atoms with van der Waals surface area (Å²) in [5.41, 5.74) is 0.155. The van der Waals surface area contributed by atoms with Crippen molar-refractivity contribution >= 4 is 33.5 Å². The summed E-state index contributed by atoms with van der Waals surface area (Å²) in [4.78, 5) is 27.0. The van der Waals surface area contributed by atoms with Crippen LogP contribution in [0.25, 0.3) is 0 Å². The van der Waals surface area contributed by atoms with E-state index in [4.69, 9.17) is 9.47 Å². The fraction of sp³-hybridized carbons (Fsp3) is 0.419. The van der Waals surface area contributed by atoms with Gasteiger partial charge in [0.05, 0.1) is 12.0 Å². The zero-order valence-electron chi connectivity index (χ0n) is 25.1. The zero-order valence-corrected chi connectivity index (χ0v) is 26.7. The van der Waals surface area contributed by atoms with Crippen LogP contribution in [0.5, 0.6) is 5.75 Å². The molecule has 1 aromatic heterocycles. The maximum Gasteiger partial charge on any atom is 0.407 e. The van der Waals surface area contributed by atoms with E-state index in [2.05, 4.69) is 5.32 Å². The molecule has 3 aromatic rings. The number of rotatable bonds is 15. The van der Waals surface area contributed by atoms with Crippen molar-refractivity contribution in [2.45, 2.75) is 69.7 Å². The fourth-order valence-corrected chi connectivity index (χ4v) is 6.65. The topological polar surface area (TPSA) is 125 Å². The molecule has 0 aliphatic heterocycles. The van der Waals surface area contributed by atoms with Crippen LogP contribution in [0, 0.1) is 0 Å². The molecular weight excluding hydrogens is 590 g/mol. The highest BCUT2D eigenvalue weighted by Gasteiger charge is 2.29. The van der Waals surface area contributed by atoms with Crippen LogP contribution >= 0.6 is 11.3 Å². The van der Waals surface area contributed by atoms with E-state index in [1.54, 1.807) is 32.9 Å². The summed E-state index contributed by atoms with van der Waals surface area (Å²) in [6.45, 7) is 5.96. The number of alkyl carbamates (subject to hydrolysis) is 1. The number of carboxylic acid groups (broad SMARTS) is 1. The lowest BCUT2D eigenvalue weighted by atomic mass is 10.1. The van der Waals surface area contributed by atoms with Crippen molar-refractivity contribution in [2.75, 3.05) is 20.2 Å².